The SMILES string of the molecule is Cc1cc(C(=O)C(C)c2ccccn2)co1. The summed E-state index contributed by atoms with van der Waals surface area (Å²) in [4.78, 5) is 16.2. The molecule has 1 unspecified atom stereocenters. The molecule has 0 radical (unpaired) electrons. The van der Waals surface area contributed by atoms with Crippen molar-refractivity contribution in [2.75, 3.05) is 0 Å². The van der Waals surface area contributed by atoms with Crippen LogP contribution in [0, 0.1) is 6.92 Å². The summed E-state index contributed by atoms with van der Waals surface area (Å²) in [7, 11) is 0. The third-order valence-corrected chi connectivity index (χ3v) is 2.54. The van der Waals surface area contributed by atoms with Gasteiger partial charge in [-0.1, -0.05) is 6.07 Å². The Hall–Kier alpha value is -1.90. The van der Waals surface area contributed by atoms with Gasteiger partial charge in [0.05, 0.1) is 17.2 Å². The molecule has 0 aliphatic rings. The zero-order chi connectivity index (χ0) is 11.5. The molecule has 3 nitrogen and oxygen atoms in total. The Labute approximate surface area is 94.1 Å². The van der Waals surface area contributed by atoms with Crippen molar-refractivity contribution in [3.63, 3.8) is 0 Å². The number of Topliss-reactive ketones (excluding diaryl/α,β-unsaturated/α-hetero) is 1. The molecule has 0 fully saturated rings. The van der Waals surface area contributed by atoms with Crippen molar-refractivity contribution < 1.29 is 9.21 Å². The molecule has 0 aliphatic carbocycles. The second-order valence-electron chi connectivity index (χ2n) is 3.79. The number of hydrogen-bond donors (Lipinski definition) is 0. The van der Waals surface area contributed by atoms with E-state index in [1.807, 2.05) is 32.0 Å². The molecule has 2 aromatic rings. The van der Waals surface area contributed by atoms with E-state index in [9.17, 15) is 4.79 Å². The highest BCUT2D eigenvalue weighted by atomic mass is 16.3. The first-order valence-electron chi connectivity index (χ1n) is 5.19. The molecular formula is C13H13NO2. The largest absolute Gasteiger partial charge is 0.469 e. The molecule has 3 heteroatoms. The van der Waals surface area contributed by atoms with E-state index in [-0.39, 0.29) is 11.7 Å². The van der Waals surface area contributed by atoms with Crippen molar-refractivity contribution >= 4 is 5.78 Å². The number of hydrogen-bond acceptors (Lipinski definition) is 3. The van der Waals surface area contributed by atoms with Gasteiger partial charge in [-0.2, -0.15) is 0 Å². The van der Waals surface area contributed by atoms with Crippen molar-refractivity contribution in [2.24, 2.45) is 0 Å². The maximum atomic E-state index is 12.1. The van der Waals surface area contributed by atoms with Crippen LogP contribution in [0.4, 0.5) is 0 Å². The second-order valence-corrected chi connectivity index (χ2v) is 3.79. The van der Waals surface area contributed by atoms with Crippen LogP contribution in [0.15, 0.2) is 41.1 Å². The van der Waals surface area contributed by atoms with Crippen molar-refractivity contribution in [3.8, 4) is 0 Å². The highest BCUT2D eigenvalue weighted by Gasteiger charge is 2.19. The molecule has 2 aromatic heterocycles. The smallest absolute Gasteiger partial charge is 0.174 e. The zero-order valence-electron chi connectivity index (χ0n) is 9.31. The fourth-order valence-corrected chi connectivity index (χ4v) is 1.59. The molecule has 0 amide bonds. The Balaban J connectivity index is 2.23. The monoisotopic (exact) mass is 215 g/mol. The number of carbonyl (C=O) groups excluding carboxylic acids is 1. The van der Waals surface area contributed by atoms with Crippen LogP contribution in [0.25, 0.3) is 0 Å². The predicted octanol–water partition coefficient (Wildman–Crippen LogP) is 2.97. The summed E-state index contributed by atoms with van der Waals surface area (Å²) in [6.07, 6.45) is 3.19. The van der Waals surface area contributed by atoms with Crippen molar-refractivity contribution in [2.45, 2.75) is 19.8 Å². The lowest BCUT2D eigenvalue weighted by Crippen LogP contribution is -2.09. The van der Waals surface area contributed by atoms with Crippen molar-refractivity contribution in [3.05, 3.63) is 53.7 Å². The second kappa shape index (κ2) is 4.31. The van der Waals surface area contributed by atoms with Gasteiger partial charge in [-0.25, -0.2) is 0 Å². The molecule has 2 rings (SSSR count). The molecule has 0 spiro atoms. The molecule has 1 atom stereocenters. The van der Waals surface area contributed by atoms with E-state index >= 15 is 0 Å². The van der Waals surface area contributed by atoms with Gasteiger partial charge in [0.25, 0.3) is 0 Å². The number of nitrogens with zero attached hydrogens (tertiary/aromatic N) is 1. The van der Waals surface area contributed by atoms with Gasteiger partial charge in [0.15, 0.2) is 5.78 Å². The number of carbonyl (C=O) groups is 1. The lowest BCUT2D eigenvalue weighted by molar-refractivity contribution is 0.0964. The van der Waals surface area contributed by atoms with Crippen LogP contribution >= 0.6 is 0 Å². The van der Waals surface area contributed by atoms with E-state index in [2.05, 4.69) is 4.98 Å². The number of pyridine rings is 1. The summed E-state index contributed by atoms with van der Waals surface area (Å²) in [6.45, 7) is 3.68. The van der Waals surface area contributed by atoms with Gasteiger partial charge < -0.3 is 4.42 Å². The van der Waals surface area contributed by atoms with Gasteiger partial charge in [0.2, 0.25) is 0 Å². The molecule has 82 valence electrons. The van der Waals surface area contributed by atoms with Gasteiger partial charge >= 0.3 is 0 Å². The van der Waals surface area contributed by atoms with Crippen LogP contribution in [0.3, 0.4) is 0 Å². The number of furan rings is 1. The summed E-state index contributed by atoms with van der Waals surface area (Å²) in [5, 5.41) is 0. The molecule has 0 saturated heterocycles. The Kier molecular flexibility index (Phi) is 2.86. The van der Waals surface area contributed by atoms with Gasteiger partial charge in [-0.05, 0) is 32.0 Å². The lowest BCUT2D eigenvalue weighted by atomic mass is 9.97. The predicted molar refractivity (Wildman–Crippen MR) is 60.4 cm³/mol. The topological polar surface area (TPSA) is 43.1 Å². The Morgan fingerprint density at radius 3 is 2.81 bits per heavy atom. The quantitative estimate of drug-likeness (QED) is 0.739. The number of ketones is 1. The molecule has 0 bridgehead atoms. The van der Waals surface area contributed by atoms with Gasteiger partial charge in [-0.15, -0.1) is 0 Å². The first kappa shape index (κ1) is 10.6. The summed E-state index contributed by atoms with van der Waals surface area (Å²) >= 11 is 0. The first-order valence-corrected chi connectivity index (χ1v) is 5.19. The average Bonchev–Trinajstić information content (AvgIpc) is 2.75. The van der Waals surface area contributed by atoms with Crippen molar-refractivity contribution in [1.29, 1.82) is 0 Å². The summed E-state index contributed by atoms with van der Waals surface area (Å²) in [5.74, 6) is 0.547. The molecular weight excluding hydrogens is 202 g/mol. The minimum atomic E-state index is -0.238. The Morgan fingerprint density at radius 2 is 2.25 bits per heavy atom. The van der Waals surface area contributed by atoms with Crippen LogP contribution in [-0.2, 0) is 0 Å². The van der Waals surface area contributed by atoms with E-state index in [1.54, 1.807) is 12.3 Å². The molecule has 16 heavy (non-hydrogen) atoms. The zero-order valence-corrected chi connectivity index (χ0v) is 9.31. The fourth-order valence-electron chi connectivity index (χ4n) is 1.59. The van der Waals surface area contributed by atoms with Crippen LogP contribution in [0.5, 0.6) is 0 Å². The standard InChI is InChI=1S/C13H13NO2/c1-9-7-11(8-16-9)13(15)10(2)12-5-3-4-6-14-12/h3-8,10H,1-2H3. The highest BCUT2D eigenvalue weighted by molar-refractivity contribution is 6.00. The maximum absolute atomic E-state index is 12.1. The third kappa shape index (κ3) is 2.03. The fraction of sp³-hybridized carbons (Fsp3) is 0.231. The van der Waals surface area contributed by atoms with Gasteiger partial charge in [-0.3, -0.25) is 9.78 Å². The van der Waals surface area contributed by atoms with Crippen molar-refractivity contribution in [1.82, 2.24) is 4.98 Å². The molecule has 0 saturated carbocycles. The van der Waals surface area contributed by atoms with Crippen LogP contribution in [-0.4, -0.2) is 10.8 Å². The van der Waals surface area contributed by atoms with E-state index in [0.717, 1.165) is 11.5 Å². The summed E-state index contributed by atoms with van der Waals surface area (Å²) < 4.78 is 5.13. The normalized spacial score (nSPS) is 12.4. The third-order valence-electron chi connectivity index (χ3n) is 2.54. The Bertz CT molecular complexity index is 488. The molecule has 0 aromatic carbocycles. The lowest BCUT2D eigenvalue weighted by Gasteiger charge is -2.07. The van der Waals surface area contributed by atoms with E-state index in [1.165, 1.54) is 6.26 Å². The number of aromatic nitrogens is 1. The average molecular weight is 215 g/mol. The van der Waals surface area contributed by atoms with E-state index in [0.29, 0.717) is 5.56 Å². The number of aryl methyl sites for hydroxylation is 1. The summed E-state index contributed by atoms with van der Waals surface area (Å²) in [6, 6.07) is 7.33. The Morgan fingerprint density at radius 1 is 1.44 bits per heavy atom. The van der Waals surface area contributed by atoms with Gasteiger partial charge in [0, 0.05) is 6.20 Å². The van der Waals surface area contributed by atoms with E-state index < -0.39 is 0 Å². The van der Waals surface area contributed by atoms with Crippen LogP contribution < -0.4 is 0 Å². The minimum absolute atomic E-state index is 0.0375. The molecule has 2 heterocycles. The molecule has 0 aliphatic heterocycles. The minimum Gasteiger partial charge on any atom is -0.469 e. The number of rotatable bonds is 3. The van der Waals surface area contributed by atoms with Crippen LogP contribution in [0.2, 0.25) is 0 Å². The maximum Gasteiger partial charge on any atom is 0.174 e. The first-order chi connectivity index (χ1) is 7.68. The van der Waals surface area contributed by atoms with Crippen LogP contribution in [0.1, 0.15) is 34.7 Å². The highest BCUT2D eigenvalue weighted by Crippen LogP contribution is 2.19. The van der Waals surface area contributed by atoms with E-state index in [4.69, 9.17) is 4.42 Å². The molecule has 0 N–H and O–H groups in total. The summed E-state index contributed by atoms with van der Waals surface area (Å²) in [5.41, 5.74) is 1.39. The van der Waals surface area contributed by atoms with Gasteiger partial charge in [0.1, 0.15) is 12.0 Å².